The third kappa shape index (κ3) is 4.30. The maximum Gasteiger partial charge on any atom is 0.245 e. The molecule has 1 N–H and O–H groups in total. The molecule has 2 aliphatic heterocycles. The van der Waals surface area contributed by atoms with Gasteiger partial charge in [0.25, 0.3) is 0 Å². The molecule has 0 aliphatic carbocycles. The van der Waals surface area contributed by atoms with Crippen molar-refractivity contribution in [3.63, 3.8) is 0 Å². The lowest BCUT2D eigenvalue weighted by Crippen LogP contribution is -2.39. The molecule has 2 aromatic rings. The number of sulfonamides is 1. The first-order valence-corrected chi connectivity index (χ1v) is 11.6. The largest absolute Gasteiger partial charge is 0.454 e. The summed E-state index contributed by atoms with van der Waals surface area (Å²) in [6.45, 7) is 3.40. The Morgan fingerprint density at radius 3 is 2.47 bits per heavy atom. The second-order valence-corrected chi connectivity index (χ2v) is 9.42. The van der Waals surface area contributed by atoms with Crippen molar-refractivity contribution in [1.82, 2.24) is 0 Å². The molecule has 0 spiro atoms. The number of anilines is 3. The van der Waals surface area contributed by atoms with E-state index in [-0.39, 0.29) is 19.1 Å². The van der Waals surface area contributed by atoms with Gasteiger partial charge in [-0.05, 0) is 56.2 Å². The average molecular weight is 432 g/mol. The van der Waals surface area contributed by atoms with Crippen molar-refractivity contribution in [2.75, 3.05) is 46.7 Å². The minimum absolute atomic E-state index is 0.0905. The van der Waals surface area contributed by atoms with Crippen molar-refractivity contribution < 1.29 is 22.7 Å². The van der Waals surface area contributed by atoms with Crippen LogP contribution in [0.5, 0.6) is 11.5 Å². The highest BCUT2D eigenvalue weighted by Gasteiger charge is 2.26. The Balaban J connectivity index is 1.48. The van der Waals surface area contributed by atoms with E-state index in [1.54, 1.807) is 25.1 Å². The number of nitrogens with one attached hydrogen (secondary N) is 1. The Morgan fingerprint density at radius 2 is 1.77 bits per heavy atom. The zero-order valence-electron chi connectivity index (χ0n) is 16.8. The van der Waals surface area contributed by atoms with Crippen LogP contribution in [-0.4, -0.2) is 46.5 Å². The molecular weight excluding hydrogens is 406 g/mol. The first-order valence-electron chi connectivity index (χ1n) is 10.0. The molecule has 30 heavy (non-hydrogen) atoms. The molecule has 9 heteroatoms. The minimum Gasteiger partial charge on any atom is -0.454 e. The molecule has 0 bridgehead atoms. The summed E-state index contributed by atoms with van der Waals surface area (Å²) in [6.07, 6.45) is 2.39. The third-order valence-electron chi connectivity index (χ3n) is 5.25. The van der Waals surface area contributed by atoms with Gasteiger partial charge in [-0.25, -0.2) is 8.42 Å². The fraction of sp³-hybridized carbons (Fsp3) is 0.381. The monoisotopic (exact) mass is 431 g/mol. The van der Waals surface area contributed by atoms with Crippen molar-refractivity contribution >= 4 is 33.0 Å². The van der Waals surface area contributed by atoms with E-state index in [2.05, 4.69) is 10.2 Å². The lowest BCUT2D eigenvalue weighted by molar-refractivity contribution is -0.114. The van der Waals surface area contributed by atoms with Gasteiger partial charge in [0.05, 0.1) is 11.4 Å². The summed E-state index contributed by atoms with van der Waals surface area (Å²) in [4.78, 5) is 15.0. The first-order chi connectivity index (χ1) is 14.5. The molecule has 4 rings (SSSR count). The zero-order valence-corrected chi connectivity index (χ0v) is 17.7. The van der Waals surface area contributed by atoms with Crippen LogP contribution in [0.25, 0.3) is 0 Å². The number of benzene rings is 2. The van der Waals surface area contributed by atoms with E-state index in [1.165, 1.54) is 12.8 Å². The predicted octanol–water partition coefficient (Wildman–Crippen LogP) is 2.81. The number of rotatable bonds is 7. The number of hydrogen-bond acceptors (Lipinski definition) is 6. The van der Waals surface area contributed by atoms with Gasteiger partial charge in [-0.1, -0.05) is 0 Å². The van der Waals surface area contributed by atoms with Gasteiger partial charge < -0.3 is 19.7 Å². The highest BCUT2D eigenvalue weighted by Crippen LogP contribution is 2.36. The van der Waals surface area contributed by atoms with Gasteiger partial charge in [-0.2, -0.15) is 0 Å². The van der Waals surface area contributed by atoms with E-state index in [0.29, 0.717) is 22.9 Å². The lowest BCUT2D eigenvalue weighted by atomic mass is 10.2. The number of carbonyl (C=O) groups excluding carboxylic acids is 1. The standard InChI is InChI=1S/C21H25N3O5S/c1-2-30(26,27)24(18-9-10-19-20(13-18)29-15-28-19)14-21(25)22-16-5-7-17(8-6-16)23-11-3-4-12-23/h5-10,13H,2-4,11-12,14-15H2,1H3,(H,22,25). The summed E-state index contributed by atoms with van der Waals surface area (Å²) in [6, 6.07) is 12.4. The number of nitrogens with zero attached hydrogens (tertiary/aromatic N) is 2. The molecule has 1 fully saturated rings. The van der Waals surface area contributed by atoms with Crippen LogP contribution < -0.4 is 24.0 Å². The summed E-state index contributed by atoms with van der Waals surface area (Å²) in [5.41, 5.74) is 2.11. The van der Waals surface area contributed by atoms with Gasteiger partial charge in [-0.15, -0.1) is 0 Å². The molecule has 0 atom stereocenters. The minimum atomic E-state index is -3.67. The molecule has 0 unspecified atom stereocenters. The maximum atomic E-state index is 12.7. The molecule has 8 nitrogen and oxygen atoms in total. The second-order valence-electron chi connectivity index (χ2n) is 7.23. The Bertz CT molecular complexity index is 1020. The van der Waals surface area contributed by atoms with Crippen LogP contribution in [0.2, 0.25) is 0 Å². The molecule has 1 amide bonds. The lowest BCUT2D eigenvalue weighted by Gasteiger charge is -2.23. The van der Waals surface area contributed by atoms with E-state index in [4.69, 9.17) is 9.47 Å². The highest BCUT2D eigenvalue weighted by molar-refractivity contribution is 7.92. The van der Waals surface area contributed by atoms with Crippen LogP contribution in [0.15, 0.2) is 42.5 Å². The van der Waals surface area contributed by atoms with E-state index in [9.17, 15) is 13.2 Å². The fourth-order valence-electron chi connectivity index (χ4n) is 3.61. The topological polar surface area (TPSA) is 88.2 Å². The molecule has 160 valence electrons. The number of amides is 1. The van der Waals surface area contributed by atoms with Crippen molar-refractivity contribution in [2.45, 2.75) is 19.8 Å². The predicted molar refractivity (Wildman–Crippen MR) is 116 cm³/mol. The van der Waals surface area contributed by atoms with Crippen LogP contribution in [0.3, 0.4) is 0 Å². The Kier molecular flexibility index (Phi) is 5.72. The van der Waals surface area contributed by atoms with Crippen LogP contribution >= 0.6 is 0 Å². The van der Waals surface area contributed by atoms with Crippen molar-refractivity contribution in [2.24, 2.45) is 0 Å². The second kappa shape index (κ2) is 8.43. The molecular formula is C21H25N3O5S. The van der Waals surface area contributed by atoms with Crippen LogP contribution in [0.1, 0.15) is 19.8 Å². The van der Waals surface area contributed by atoms with Gasteiger partial charge in [0.1, 0.15) is 6.54 Å². The van der Waals surface area contributed by atoms with Crippen LogP contribution in [0, 0.1) is 0 Å². The first kappa shape index (κ1) is 20.3. The number of hydrogen-bond donors (Lipinski definition) is 1. The van der Waals surface area contributed by atoms with Crippen LogP contribution in [0.4, 0.5) is 17.1 Å². The summed E-state index contributed by atoms with van der Waals surface area (Å²) in [7, 11) is -3.67. The highest BCUT2D eigenvalue weighted by atomic mass is 32.2. The third-order valence-corrected chi connectivity index (χ3v) is 7.00. The smallest absolute Gasteiger partial charge is 0.245 e. The van der Waals surface area contributed by atoms with Crippen molar-refractivity contribution in [3.8, 4) is 11.5 Å². The van der Waals surface area contributed by atoms with E-state index < -0.39 is 15.9 Å². The summed E-state index contributed by atoms with van der Waals surface area (Å²) >= 11 is 0. The summed E-state index contributed by atoms with van der Waals surface area (Å²) in [5, 5.41) is 2.79. The molecule has 2 heterocycles. The van der Waals surface area contributed by atoms with E-state index in [0.717, 1.165) is 23.1 Å². The molecule has 0 radical (unpaired) electrons. The van der Waals surface area contributed by atoms with Crippen molar-refractivity contribution in [1.29, 1.82) is 0 Å². The normalized spacial score (nSPS) is 15.3. The average Bonchev–Trinajstić information content (AvgIpc) is 3.44. The number of fused-ring (bicyclic) bond motifs is 1. The molecule has 2 aliphatic rings. The molecule has 2 aromatic carbocycles. The summed E-state index contributed by atoms with van der Waals surface area (Å²) < 4.78 is 37.0. The van der Waals surface area contributed by atoms with E-state index >= 15 is 0 Å². The number of ether oxygens (including phenoxy) is 2. The molecule has 1 saturated heterocycles. The van der Waals surface area contributed by atoms with E-state index in [1.807, 2.05) is 24.3 Å². The molecule has 0 saturated carbocycles. The van der Waals surface area contributed by atoms with Gasteiger partial charge in [0, 0.05) is 30.5 Å². The quantitative estimate of drug-likeness (QED) is 0.725. The van der Waals surface area contributed by atoms with Crippen molar-refractivity contribution in [3.05, 3.63) is 42.5 Å². The van der Waals surface area contributed by atoms with Crippen LogP contribution in [-0.2, 0) is 14.8 Å². The number of carbonyl (C=O) groups is 1. The molecule has 0 aromatic heterocycles. The Hall–Kier alpha value is -2.94. The van der Waals surface area contributed by atoms with Gasteiger partial charge in [0.15, 0.2) is 11.5 Å². The van der Waals surface area contributed by atoms with Gasteiger partial charge in [0.2, 0.25) is 22.7 Å². The Labute approximate surface area is 176 Å². The fourth-order valence-corrected chi connectivity index (χ4v) is 4.67. The Morgan fingerprint density at radius 1 is 1.07 bits per heavy atom. The maximum absolute atomic E-state index is 12.7. The van der Waals surface area contributed by atoms with Gasteiger partial charge in [-0.3, -0.25) is 9.10 Å². The SMILES string of the molecule is CCS(=O)(=O)N(CC(=O)Nc1ccc(N2CCCC2)cc1)c1ccc2c(c1)OCO2. The summed E-state index contributed by atoms with van der Waals surface area (Å²) in [5.74, 6) is 0.467. The zero-order chi connectivity index (χ0) is 21.1. The van der Waals surface area contributed by atoms with Gasteiger partial charge >= 0.3 is 0 Å².